The van der Waals surface area contributed by atoms with Crippen LogP contribution < -0.4 is 0 Å². The Morgan fingerprint density at radius 2 is 0.769 bits per heavy atom. The summed E-state index contributed by atoms with van der Waals surface area (Å²) in [6, 6.07) is 0. The molecule has 5 aliphatic heterocycles. The number of rotatable bonds is 18. The zero-order valence-electron chi connectivity index (χ0n) is 34.9. The molecule has 29 heteroatoms. The van der Waals surface area contributed by atoms with Gasteiger partial charge >= 0.3 is 0 Å². The number of hydrogen-bond acceptors (Lipinski definition) is 29. The lowest BCUT2D eigenvalue weighted by Crippen LogP contribution is -2.67. The van der Waals surface area contributed by atoms with Crippen molar-refractivity contribution in [2.45, 2.75) is 192 Å². The average Bonchev–Trinajstić information content (AvgIpc) is 3.28. The van der Waals surface area contributed by atoms with E-state index in [0.29, 0.717) is 0 Å². The van der Waals surface area contributed by atoms with E-state index in [1.165, 1.54) is 6.92 Å². The highest BCUT2D eigenvalue weighted by molar-refractivity contribution is 4.99. The maximum atomic E-state index is 11.2. The van der Waals surface area contributed by atoms with Gasteiger partial charge in [-0.15, -0.1) is 0 Å². The van der Waals surface area contributed by atoms with Crippen LogP contribution in [0.25, 0.3) is 0 Å². The van der Waals surface area contributed by atoms with Crippen LogP contribution in [0.1, 0.15) is 13.8 Å². The first-order valence-electron chi connectivity index (χ1n) is 20.8. The molecule has 0 bridgehead atoms. The first kappa shape index (κ1) is 54.8. The molecular weight excluding hydrogens is 896 g/mol. The van der Waals surface area contributed by atoms with Gasteiger partial charge in [-0.1, -0.05) is 0 Å². The van der Waals surface area contributed by atoms with E-state index in [1.54, 1.807) is 0 Å². The molecule has 5 aliphatic rings. The maximum absolute atomic E-state index is 11.2. The Morgan fingerprint density at radius 3 is 1.25 bits per heavy atom. The Balaban J connectivity index is 1.24. The summed E-state index contributed by atoms with van der Waals surface area (Å²) in [4.78, 5) is 0. The van der Waals surface area contributed by atoms with Crippen LogP contribution >= 0.6 is 0 Å². The normalized spacial score (nSPS) is 49.5. The van der Waals surface area contributed by atoms with Gasteiger partial charge in [-0.2, -0.15) is 0 Å². The molecule has 0 aromatic rings. The third-order valence-electron chi connectivity index (χ3n) is 11.9. The van der Waals surface area contributed by atoms with Crippen molar-refractivity contribution < 1.29 is 144 Å². The molecule has 0 saturated carbocycles. The van der Waals surface area contributed by atoms with Gasteiger partial charge in [0.15, 0.2) is 31.5 Å². The van der Waals surface area contributed by atoms with Crippen LogP contribution in [0.2, 0.25) is 0 Å². The minimum Gasteiger partial charge on any atom is -0.394 e. The van der Waals surface area contributed by atoms with Crippen molar-refractivity contribution in [1.82, 2.24) is 0 Å². The fourth-order valence-corrected chi connectivity index (χ4v) is 8.05. The van der Waals surface area contributed by atoms with E-state index < -0.39 is 211 Å². The van der Waals surface area contributed by atoms with Gasteiger partial charge in [-0.25, -0.2) is 0 Å². The van der Waals surface area contributed by atoms with Gasteiger partial charge in [-0.3, -0.25) is 0 Å². The Kier molecular flexibility index (Phi) is 19.9. The Morgan fingerprint density at radius 1 is 0.400 bits per heavy atom. The Hall–Kier alpha value is -1.16. The lowest BCUT2D eigenvalue weighted by molar-refractivity contribution is -0.393. The summed E-state index contributed by atoms with van der Waals surface area (Å²) in [5.74, 6) is 0. The van der Waals surface area contributed by atoms with E-state index in [-0.39, 0.29) is 0 Å². The van der Waals surface area contributed by atoms with E-state index >= 15 is 0 Å². The predicted molar refractivity (Wildman–Crippen MR) is 199 cm³/mol. The molecule has 382 valence electrons. The van der Waals surface area contributed by atoms with Gasteiger partial charge in [0.2, 0.25) is 0 Å². The average molecular weight is 961 g/mol. The van der Waals surface area contributed by atoms with E-state index in [4.69, 9.17) is 47.4 Å². The highest BCUT2D eigenvalue weighted by Gasteiger charge is 2.56. The molecule has 0 amide bonds. The van der Waals surface area contributed by atoms with E-state index in [1.807, 2.05) is 0 Å². The van der Waals surface area contributed by atoms with Gasteiger partial charge in [0.1, 0.15) is 134 Å². The summed E-state index contributed by atoms with van der Waals surface area (Å²) in [6.07, 6.45) is -53.2. The molecule has 5 saturated heterocycles. The van der Waals surface area contributed by atoms with Crippen molar-refractivity contribution >= 4 is 0 Å². The monoisotopic (exact) mass is 960 g/mol. The van der Waals surface area contributed by atoms with Gasteiger partial charge in [0, 0.05) is 0 Å². The minimum absolute atomic E-state index is 0.833. The summed E-state index contributed by atoms with van der Waals surface area (Å²) >= 11 is 0. The van der Waals surface area contributed by atoms with Gasteiger partial charge < -0.3 is 144 Å². The number of aliphatic hydroxyl groups is 19. The highest BCUT2D eigenvalue weighted by atomic mass is 16.8. The topological polar surface area (TPSA) is 477 Å². The van der Waals surface area contributed by atoms with Crippen LogP contribution in [0.15, 0.2) is 0 Å². The van der Waals surface area contributed by atoms with Gasteiger partial charge in [0.25, 0.3) is 0 Å². The minimum atomic E-state index is -2.15. The van der Waals surface area contributed by atoms with Crippen LogP contribution in [-0.4, -0.2) is 308 Å². The summed E-state index contributed by atoms with van der Waals surface area (Å²) in [7, 11) is 0. The van der Waals surface area contributed by atoms with Crippen molar-refractivity contribution in [3.05, 3.63) is 0 Å². The van der Waals surface area contributed by atoms with Crippen LogP contribution in [0.5, 0.6) is 0 Å². The lowest BCUT2D eigenvalue weighted by atomic mass is 9.95. The Labute approximate surface area is 369 Å². The molecule has 29 atom stereocenters. The van der Waals surface area contributed by atoms with Crippen molar-refractivity contribution in [1.29, 1.82) is 0 Å². The summed E-state index contributed by atoms with van der Waals surface area (Å²) < 4.78 is 55.7. The fraction of sp³-hybridized carbons (Fsp3) is 1.00. The van der Waals surface area contributed by atoms with Crippen molar-refractivity contribution in [3.8, 4) is 0 Å². The smallest absolute Gasteiger partial charge is 0.187 e. The molecule has 5 fully saturated rings. The van der Waals surface area contributed by atoms with Crippen molar-refractivity contribution in [2.75, 3.05) is 33.0 Å². The van der Waals surface area contributed by atoms with Crippen molar-refractivity contribution in [3.63, 3.8) is 0 Å². The second kappa shape index (κ2) is 23.6. The Bertz CT molecular complexity index is 1420. The molecule has 0 aromatic carbocycles. The first-order valence-corrected chi connectivity index (χ1v) is 20.8. The van der Waals surface area contributed by atoms with Gasteiger partial charge in [0.05, 0.1) is 45.2 Å². The SMILES string of the molecule is C[C@@H]1O[C@@H](O[C@H]2[C@H](O)[C@H](O)[C@H](O[C@@H]3[C@@H](O)[C@@H](O[C@@H]([C@H](O)[C@H](O)CO)[C@@H](C)O)O[C@H](CO)[C@H]3O)O[C@@H]2CO)[C@H](O)[C@H](O)[C@H]1O[C@H]1O[C@H](CO)[C@@H](O)[C@H](O[C@@H]2O[C@H](CO)[C@@H](O)[C@H](O)[C@@H]2O)[C@H]1O. The van der Waals surface area contributed by atoms with Crippen LogP contribution in [0.4, 0.5) is 0 Å². The van der Waals surface area contributed by atoms with Crippen LogP contribution in [0.3, 0.4) is 0 Å². The molecule has 0 aromatic heterocycles. The molecule has 5 rings (SSSR count). The molecular formula is C36H64O29. The molecule has 5 heterocycles. The molecule has 65 heavy (non-hydrogen) atoms. The van der Waals surface area contributed by atoms with Crippen LogP contribution in [-0.2, 0) is 47.4 Å². The quantitative estimate of drug-likeness (QED) is 0.0606. The second-order valence-electron chi connectivity index (χ2n) is 16.5. The second-order valence-corrected chi connectivity index (χ2v) is 16.5. The highest BCUT2D eigenvalue weighted by Crippen LogP contribution is 2.36. The summed E-state index contributed by atoms with van der Waals surface area (Å²) in [5.41, 5.74) is 0. The third kappa shape index (κ3) is 11.7. The molecule has 0 spiro atoms. The molecule has 0 radical (unpaired) electrons. The van der Waals surface area contributed by atoms with Crippen LogP contribution in [0, 0.1) is 0 Å². The summed E-state index contributed by atoms with van der Waals surface area (Å²) in [5, 5.41) is 199. The first-order chi connectivity index (χ1) is 30.6. The summed E-state index contributed by atoms with van der Waals surface area (Å²) in [6.45, 7) is -2.19. The lowest BCUT2D eigenvalue weighted by Gasteiger charge is -2.49. The predicted octanol–water partition coefficient (Wildman–Crippen LogP) is -12.4. The van der Waals surface area contributed by atoms with Gasteiger partial charge in [-0.05, 0) is 13.8 Å². The van der Waals surface area contributed by atoms with E-state index in [0.717, 1.165) is 6.92 Å². The third-order valence-corrected chi connectivity index (χ3v) is 11.9. The maximum Gasteiger partial charge on any atom is 0.187 e. The fourth-order valence-electron chi connectivity index (χ4n) is 8.05. The zero-order chi connectivity index (χ0) is 48.3. The molecule has 19 N–H and O–H groups in total. The number of ether oxygens (including phenoxy) is 10. The van der Waals surface area contributed by atoms with E-state index in [9.17, 15) is 97.0 Å². The zero-order valence-corrected chi connectivity index (χ0v) is 34.9. The van der Waals surface area contributed by atoms with Crippen molar-refractivity contribution in [2.24, 2.45) is 0 Å². The largest absolute Gasteiger partial charge is 0.394 e. The number of aliphatic hydroxyl groups excluding tert-OH is 19. The molecule has 0 aliphatic carbocycles. The van der Waals surface area contributed by atoms with E-state index in [2.05, 4.69) is 0 Å². The standard InChI is InChI=1S/C36H64O29/c1-8(42)27(15(44)10(43)3-37)61-35-25(54)30(17(46)12(5-39)58-35)65-34-24(53)21(50)29(14(7-41)60-34)63-32-23(52)20(49)28(9(2)56-32)62-36-26(55)31(18(47)13(6-40)59-36)64-33-22(51)19(48)16(45)11(4-38)57-33/h8-55H,3-7H2,1-2H3/t8-,9+,10-,11-,12-,13-,14-,15-,16-,17-,18-,19+,20+,21-,22+,23-,24+,25-,26-,27-,28+,29-,30+,31+,32+,33+,34+,35-,36-/m1/s1. The molecule has 29 nitrogen and oxygen atoms in total. The molecule has 0 unspecified atom stereocenters. The number of hydrogen-bond donors (Lipinski definition) is 19.